The molecule has 11 heavy (non-hydrogen) atoms. The lowest BCUT2D eigenvalue weighted by molar-refractivity contribution is -0.120. The van der Waals surface area contributed by atoms with Crippen molar-refractivity contribution in [2.75, 3.05) is 20.8 Å². The van der Waals surface area contributed by atoms with Crippen LogP contribution in [0.15, 0.2) is 0 Å². The summed E-state index contributed by atoms with van der Waals surface area (Å²) in [6.07, 6.45) is 0.201. The van der Waals surface area contributed by atoms with Crippen LogP contribution < -0.4 is 5.32 Å². The van der Waals surface area contributed by atoms with Gasteiger partial charge in [0, 0.05) is 20.8 Å². The molecule has 0 spiro atoms. The third kappa shape index (κ3) is 2.13. The summed E-state index contributed by atoms with van der Waals surface area (Å²) < 4.78 is 10.1. The second kappa shape index (κ2) is 4.01. The lowest BCUT2D eigenvalue weighted by atomic mass is 10.2. The highest BCUT2D eigenvalue weighted by Crippen LogP contribution is 2.12. The van der Waals surface area contributed by atoms with Gasteiger partial charge in [0.15, 0.2) is 6.29 Å². The highest BCUT2D eigenvalue weighted by molar-refractivity contribution is 4.83. The van der Waals surface area contributed by atoms with Gasteiger partial charge in [-0.1, -0.05) is 0 Å². The summed E-state index contributed by atoms with van der Waals surface area (Å²) >= 11 is 0. The molecule has 0 aromatic carbocycles. The zero-order valence-electron chi connectivity index (χ0n) is 6.91. The molecule has 1 heterocycles. The van der Waals surface area contributed by atoms with Crippen LogP contribution in [-0.4, -0.2) is 44.3 Å². The molecule has 1 fully saturated rings. The summed E-state index contributed by atoms with van der Waals surface area (Å²) in [6, 6.07) is 0.125. The van der Waals surface area contributed by atoms with Gasteiger partial charge in [0.1, 0.15) is 0 Å². The molecular weight excluding hydrogens is 146 g/mol. The van der Waals surface area contributed by atoms with Crippen molar-refractivity contribution >= 4 is 0 Å². The number of hydrogen-bond donors (Lipinski definition) is 2. The minimum atomic E-state index is -0.257. The number of ether oxygens (including phenoxy) is 2. The van der Waals surface area contributed by atoms with Crippen molar-refractivity contribution in [2.24, 2.45) is 0 Å². The van der Waals surface area contributed by atoms with E-state index < -0.39 is 0 Å². The van der Waals surface area contributed by atoms with Gasteiger partial charge in [-0.2, -0.15) is 0 Å². The van der Waals surface area contributed by atoms with Crippen LogP contribution in [0.2, 0.25) is 0 Å². The van der Waals surface area contributed by atoms with Crippen LogP contribution >= 0.6 is 0 Å². The highest BCUT2D eigenvalue weighted by atomic mass is 16.7. The smallest absolute Gasteiger partial charge is 0.172 e. The summed E-state index contributed by atoms with van der Waals surface area (Å²) in [5.74, 6) is 0. The Bertz CT molecular complexity index is 116. The Kier molecular flexibility index (Phi) is 3.26. The van der Waals surface area contributed by atoms with Crippen molar-refractivity contribution in [3.8, 4) is 0 Å². The molecule has 2 unspecified atom stereocenters. The van der Waals surface area contributed by atoms with Crippen LogP contribution in [0.1, 0.15) is 6.42 Å². The second-order valence-corrected chi connectivity index (χ2v) is 2.74. The fourth-order valence-electron chi connectivity index (χ4n) is 1.38. The van der Waals surface area contributed by atoms with Crippen molar-refractivity contribution < 1.29 is 14.6 Å². The Morgan fingerprint density at radius 3 is 2.45 bits per heavy atom. The molecule has 1 saturated heterocycles. The number of rotatable bonds is 3. The van der Waals surface area contributed by atoms with E-state index in [2.05, 4.69) is 5.32 Å². The molecule has 2 atom stereocenters. The fourth-order valence-corrected chi connectivity index (χ4v) is 1.38. The Morgan fingerprint density at radius 2 is 2.09 bits per heavy atom. The average Bonchev–Trinajstić information content (AvgIpc) is 2.39. The Hall–Kier alpha value is -0.160. The van der Waals surface area contributed by atoms with E-state index in [9.17, 15) is 0 Å². The van der Waals surface area contributed by atoms with Gasteiger partial charge in [-0.25, -0.2) is 0 Å². The van der Waals surface area contributed by atoms with Gasteiger partial charge in [0.25, 0.3) is 0 Å². The van der Waals surface area contributed by atoms with Crippen molar-refractivity contribution in [3.05, 3.63) is 0 Å². The molecule has 66 valence electrons. The third-order valence-electron chi connectivity index (χ3n) is 1.93. The van der Waals surface area contributed by atoms with E-state index in [0.717, 1.165) is 0 Å². The van der Waals surface area contributed by atoms with Crippen LogP contribution in [0.25, 0.3) is 0 Å². The summed E-state index contributed by atoms with van der Waals surface area (Å²) in [6.45, 7) is 0.633. The quantitative estimate of drug-likeness (QED) is 0.539. The molecule has 0 saturated carbocycles. The molecule has 0 amide bonds. The maximum Gasteiger partial charge on any atom is 0.172 e. The minimum Gasteiger partial charge on any atom is -0.392 e. The molecule has 4 heteroatoms. The van der Waals surface area contributed by atoms with E-state index in [4.69, 9.17) is 14.6 Å². The predicted octanol–water partition coefficient (Wildman–Crippen LogP) is -0.672. The van der Waals surface area contributed by atoms with Gasteiger partial charge in [-0.15, -0.1) is 0 Å². The SMILES string of the molecule is COC(OC)C1CC(O)CN1. The van der Waals surface area contributed by atoms with Crippen LogP contribution in [0.5, 0.6) is 0 Å². The molecule has 4 nitrogen and oxygen atoms in total. The summed E-state index contributed by atoms with van der Waals surface area (Å²) in [5.41, 5.74) is 0. The van der Waals surface area contributed by atoms with Crippen LogP contribution in [0, 0.1) is 0 Å². The first kappa shape index (κ1) is 8.93. The zero-order valence-corrected chi connectivity index (χ0v) is 6.91. The van der Waals surface area contributed by atoms with E-state index in [-0.39, 0.29) is 18.4 Å². The van der Waals surface area contributed by atoms with Gasteiger partial charge in [0.05, 0.1) is 12.1 Å². The predicted molar refractivity (Wildman–Crippen MR) is 40.2 cm³/mol. The molecule has 0 aromatic rings. The maximum absolute atomic E-state index is 9.17. The standard InChI is InChI=1S/C7H15NO3/c1-10-7(11-2)6-3-5(9)4-8-6/h5-9H,3-4H2,1-2H3. The lowest BCUT2D eigenvalue weighted by Gasteiger charge is -2.19. The topological polar surface area (TPSA) is 50.7 Å². The molecule has 1 rings (SSSR count). The molecule has 1 aliphatic rings. The first-order valence-electron chi connectivity index (χ1n) is 3.75. The first-order chi connectivity index (χ1) is 5.27. The van der Waals surface area contributed by atoms with Gasteiger partial charge in [-0.3, -0.25) is 0 Å². The fraction of sp³-hybridized carbons (Fsp3) is 1.00. The van der Waals surface area contributed by atoms with Crippen molar-refractivity contribution in [3.63, 3.8) is 0 Å². The average molecular weight is 161 g/mol. The highest BCUT2D eigenvalue weighted by Gasteiger charge is 2.29. The monoisotopic (exact) mass is 161 g/mol. The maximum atomic E-state index is 9.17. The van der Waals surface area contributed by atoms with Crippen LogP contribution in [0.3, 0.4) is 0 Å². The number of hydrogen-bond acceptors (Lipinski definition) is 4. The van der Waals surface area contributed by atoms with Gasteiger partial charge in [-0.05, 0) is 6.42 Å². The number of aliphatic hydroxyl groups is 1. The Morgan fingerprint density at radius 1 is 1.45 bits per heavy atom. The first-order valence-corrected chi connectivity index (χ1v) is 3.75. The van der Waals surface area contributed by atoms with Crippen molar-refractivity contribution in [1.82, 2.24) is 5.32 Å². The summed E-state index contributed by atoms with van der Waals surface area (Å²) in [7, 11) is 3.20. The van der Waals surface area contributed by atoms with E-state index in [1.165, 1.54) is 0 Å². The number of nitrogens with one attached hydrogen (secondary N) is 1. The Balaban J connectivity index is 2.34. The van der Waals surface area contributed by atoms with E-state index >= 15 is 0 Å². The van der Waals surface area contributed by atoms with Gasteiger partial charge < -0.3 is 19.9 Å². The normalized spacial score (nSPS) is 31.6. The van der Waals surface area contributed by atoms with E-state index in [0.29, 0.717) is 13.0 Å². The molecule has 0 bridgehead atoms. The van der Waals surface area contributed by atoms with E-state index in [1.807, 2.05) is 0 Å². The molecule has 2 N–H and O–H groups in total. The van der Waals surface area contributed by atoms with Crippen LogP contribution in [-0.2, 0) is 9.47 Å². The van der Waals surface area contributed by atoms with Crippen molar-refractivity contribution in [1.29, 1.82) is 0 Å². The minimum absolute atomic E-state index is 0.125. The third-order valence-corrected chi connectivity index (χ3v) is 1.93. The molecule has 0 aliphatic carbocycles. The van der Waals surface area contributed by atoms with E-state index in [1.54, 1.807) is 14.2 Å². The number of aliphatic hydroxyl groups excluding tert-OH is 1. The lowest BCUT2D eigenvalue weighted by Crippen LogP contribution is -2.37. The largest absolute Gasteiger partial charge is 0.392 e. The summed E-state index contributed by atoms with van der Waals surface area (Å²) in [5, 5.41) is 12.3. The Labute approximate surface area is 66.5 Å². The second-order valence-electron chi connectivity index (χ2n) is 2.74. The van der Waals surface area contributed by atoms with Gasteiger partial charge >= 0.3 is 0 Å². The molecule has 0 radical (unpaired) electrons. The molecular formula is C7H15NO3. The summed E-state index contributed by atoms with van der Waals surface area (Å²) in [4.78, 5) is 0. The number of methoxy groups -OCH3 is 2. The van der Waals surface area contributed by atoms with Crippen molar-refractivity contribution in [2.45, 2.75) is 24.9 Å². The number of β-amino-alcohol motifs (C(OH)–C–C–N with tert-alkyl or cyclic N) is 1. The van der Waals surface area contributed by atoms with Crippen LogP contribution in [0.4, 0.5) is 0 Å². The molecule has 0 aromatic heterocycles. The van der Waals surface area contributed by atoms with Gasteiger partial charge in [0.2, 0.25) is 0 Å². The zero-order chi connectivity index (χ0) is 8.27. The molecule has 1 aliphatic heterocycles.